The Morgan fingerprint density at radius 2 is 2.04 bits per heavy atom. The molecule has 10 heteroatoms. The van der Waals surface area contributed by atoms with Crippen LogP contribution < -0.4 is 17.0 Å². The molecule has 2 aromatic heterocycles. The summed E-state index contributed by atoms with van der Waals surface area (Å²) in [5.41, 5.74) is 5.22. The number of thioether (sulfide) groups is 1. The Bertz CT molecular complexity index is 1070. The van der Waals surface area contributed by atoms with Crippen molar-refractivity contribution in [3.8, 4) is 0 Å². The van der Waals surface area contributed by atoms with Gasteiger partial charge in [0.05, 0.1) is 16.7 Å². The molecule has 0 aliphatic heterocycles. The molecule has 136 valence electrons. The molecule has 0 atom stereocenters. The number of hydrogen-bond donors (Lipinski definition) is 2. The van der Waals surface area contributed by atoms with E-state index in [0.717, 1.165) is 6.42 Å². The molecule has 2 heterocycles. The SMILES string of the molecule is CCCn1c(SCc2nc3ccccc3c(=O)n2CC(N)=O)n[nH]c1=O. The van der Waals surface area contributed by atoms with Gasteiger partial charge in [-0.05, 0) is 18.6 Å². The Hall–Kier alpha value is -2.88. The van der Waals surface area contributed by atoms with Crippen molar-refractivity contribution in [2.24, 2.45) is 5.73 Å². The van der Waals surface area contributed by atoms with Gasteiger partial charge in [-0.15, -0.1) is 5.10 Å². The number of rotatable bonds is 7. The molecule has 0 aliphatic carbocycles. The molecule has 3 N–H and O–H groups in total. The van der Waals surface area contributed by atoms with E-state index in [1.807, 2.05) is 6.92 Å². The quantitative estimate of drug-likeness (QED) is 0.578. The average Bonchev–Trinajstić information content (AvgIpc) is 2.96. The van der Waals surface area contributed by atoms with Crippen LogP contribution in [0.15, 0.2) is 39.0 Å². The maximum Gasteiger partial charge on any atom is 0.343 e. The predicted molar refractivity (Wildman–Crippen MR) is 97.9 cm³/mol. The fourth-order valence-corrected chi connectivity index (χ4v) is 3.53. The van der Waals surface area contributed by atoms with Crippen LogP contribution in [0.25, 0.3) is 10.9 Å². The lowest BCUT2D eigenvalue weighted by Gasteiger charge is -2.12. The standard InChI is InChI=1S/C16H18N6O3S/c1-2-7-21-15(25)19-20-16(21)26-9-13-18-11-6-4-3-5-10(11)14(24)22(13)8-12(17)23/h3-6H,2,7-9H2,1H3,(H2,17,23)(H,19,25). The number of carbonyl (C=O) groups excluding carboxylic acids is 1. The van der Waals surface area contributed by atoms with Gasteiger partial charge in [-0.2, -0.15) is 0 Å². The number of hydrogen-bond acceptors (Lipinski definition) is 6. The molecule has 26 heavy (non-hydrogen) atoms. The number of fused-ring (bicyclic) bond motifs is 1. The molecule has 0 radical (unpaired) electrons. The van der Waals surface area contributed by atoms with Crippen LogP contribution in [-0.2, 0) is 23.6 Å². The lowest BCUT2D eigenvalue weighted by molar-refractivity contribution is -0.118. The number of para-hydroxylation sites is 1. The molecule has 0 aliphatic rings. The number of H-pyrrole nitrogens is 1. The van der Waals surface area contributed by atoms with Crippen LogP contribution in [0, 0.1) is 0 Å². The van der Waals surface area contributed by atoms with Crippen molar-refractivity contribution >= 4 is 28.6 Å². The minimum Gasteiger partial charge on any atom is -0.368 e. The van der Waals surface area contributed by atoms with E-state index in [4.69, 9.17) is 5.73 Å². The first-order valence-corrected chi connectivity index (χ1v) is 9.04. The topological polar surface area (TPSA) is 129 Å². The van der Waals surface area contributed by atoms with Gasteiger partial charge in [0.15, 0.2) is 5.16 Å². The first-order chi connectivity index (χ1) is 12.5. The van der Waals surface area contributed by atoms with Crippen LogP contribution in [0.1, 0.15) is 19.2 Å². The van der Waals surface area contributed by atoms with Crippen molar-refractivity contribution < 1.29 is 4.79 Å². The van der Waals surface area contributed by atoms with E-state index in [2.05, 4.69) is 15.2 Å². The lowest BCUT2D eigenvalue weighted by Crippen LogP contribution is -2.31. The second kappa shape index (κ2) is 7.56. The van der Waals surface area contributed by atoms with E-state index < -0.39 is 5.91 Å². The van der Waals surface area contributed by atoms with Crippen molar-refractivity contribution in [1.82, 2.24) is 24.3 Å². The van der Waals surface area contributed by atoms with Crippen LogP contribution in [-0.4, -0.2) is 30.2 Å². The number of nitrogens with zero attached hydrogens (tertiary/aromatic N) is 4. The van der Waals surface area contributed by atoms with E-state index in [1.165, 1.54) is 20.9 Å². The van der Waals surface area contributed by atoms with Crippen LogP contribution in [0.5, 0.6) is 0 Å². The zero-order valence-electron chi connectivity index (χ0n) is 14.1. The Morgan fingerprint density at radius 3 is 2.77 bits per heavy atom. The molecule has 1 amide bonds. The van der Waals surface area contributed by atoms with E-state index in [1.54, 1.807) is 24.3 Å². The Kier molecular flexibility index (Phi) is 5.21. The summed E-state index contributed by atoms with van der Waals surface area (Å²) in [7, 11) is 0. The minimum absolute atomic E-state index is 0.255. The summed E-state index contributed by atoms with van der Waals surface area (Å²) in [6.45, 7) is 2.25. The number of amides is 1. The van der Waals surface area contributed by atoms with Crippen molar-refractivity contribution in [2.75, 3.05) is 0 Å². The van der Waals surface area contributed by atoms with Gasteiger partial charge >= 0.3 is 5.69 Å². The number of primary amides is 1. The van der Waals surface area contributed by atoms with Gasteiger partial charge in [-0.1, -0.05) is 30.8 Å². The molecule has 0 saturated heterocycles. The van der Waals surface area contributed by atoms with Crippen molar-refractivity contribution in [1.29, 1.82) is 0 Å². The van der Waals surface area contributed by atoms with E-state index in [-0.39, 0.29) is 23.5 Å². The van der Waals surface area contributed by atoms with Gasteiger partial charge in [0.2, 0.25) is 5.91 Å². The fourth-order valence-electron chi connectivity index (χ4n) is 2.61. The molecule has 3 rings (SSSR count). The highest BCUT2D eigenvalue weighted by atomic mass is 32.2. The lowest BCUT2D eigenvalue weighted by atomic mass is 10.2. The third-order valence-electron chi connectivity index (χ3n) is 3.76. The largest absolute Gasteiger partial charge is 0.368 e. The summed E-state index contributed by atoms with van der Waals surface area (Å²) in [5.74, 6) is 0.0375. The Labute approximate surface area is 152 Å². The molecule has 0 unspecified atom stereocenters. The summed E-state index contributed by atoms with van der Waals surface area (Å²) >= 11 is 1.27. The van der Waals surface area contributed by atoms with Crippen LogP contribution in [0.3, 0.4) is 0 Å². The normalized spacial score (nSPS) is 11.1. The first kappa shape index (κ1) is 17.9. The molecule has 1 aromatic carbocycles. The van der Waals surface area contributed by atoms with E-state index in [9.17, 15) is 14.4 Å². The van der Waals surface area contributed by atoms with Gasteiger partial charge < -0.3 is 5.73 Å². The molecular formula is C16H18N6O3S. The third-order valence-corrected chi connectivity index (χ3v) is 4.73. The number of nitrogens with one attached hydrogen (secondary N) is 1. The molecular weight excluding hydrogens is 356 g/mol. The van der Waals surface area contributed by atoms with Gasteiger partial charge in [-0.3, -0.25) is 18.7 Å². The van der Waals surface area contributed by atoms with Gasteiger partial charge in [-0.25, -0.2) is 14.9 Å². The Morgan fingerprint density at radius 1 is 1.27 bits per heavy atom. The Balaban J connectivity index is 2.00. The zero-order chi connectivity index (χ0) is 18.7. The van der Waals surface area contributed by atoms with Gasteiger partial charge in [0, 0.05) is 6.54 Å². The highest BCUT2D eigenvalue weighted by molar-refractivity contribution is 7.98. The minimum atomic E-state index is -0.627. The summed E-state index contributed by atoms with van der Waals surface area (Å²) in [6, 6.07) is 6.92. The number of aromatic nitrogens is 5. The molecule has 0 bridgehead atoms. The highest BCUT2D eigenvalue weighted by Gasteiger charge is 2.15. The second-order valence-electron chi connectivity index (χ2n) is 5.65. The van der Waals surface area contributed by atoms with E-state index in [0.29, 0.717) is 28.4 Å². The van der Waals surface area contributed by atoms with Crippen LogP contribution in [0.2, 0.25) is 0 Å². The number of aromatic amines is 1. The van der Waals surface area contributed by atoms with Gasteiger partial charge in [0.25, 0.3) is 5.56 Å². The van der Waals surface area contributed by atoms with Crippen molar-refractivity contribution in [3.05, 3.63) is 50.9 Å². The second-order valence-corrected chi connectivity index (χ2v) is 6.60. The zero-order valence-corrected chi connectivity index (χ0v) is 15.0. The molecule has 0 saturated carbocycles. The number of benzene rings is 1. The third kappa shape index (κ3) is 3.54. The van der Waals surface area contributed by atoms with Crippen molar-refractivity contribution in [3.63, 3.8) is 0 Å². The molecule has 9 nitrogen and oxygen atoms in total. The maximum atomic E-state index is 12.7. The van der Waals surface area contributed by atoms with Crippen LogP contribution >= 0.6 is 11.8 Å². The van der Waals surface area contributed by atoms with Crippen LogP contribution in [0.4, 0.5) is 0 Å². The van der Waals surface area contributed by atoms with Gasteiger partial charge in [0.1, 0.15) is 12.4 Å². The monoisotopic (exact) mass is 374 g/mol. The summed E-state index contributed by atoms with van der Waals surface area (Å²) in [6.07, 6.45) is 0.785. The van der Waals surface area contributed by atoms with E-state index >= 15 is 0 Å². The summed E-state index contributed by atoms with van der Waals surface area (Å²) < 4.78 is 2.80. The maximum absolute atomic E-state index is 12.7. The molecule has 3 aromatic rings. The number of nitrogens with two attached hydrogens (primary N) is 1. The first-order valence-electron chi connectivity index (χ1n) is 8.06. The predicted octanol–water partition coefficient (Wildman–Crippen LogP) is 0.469. The average molecular weight is 374 g/mol. The molecule has 0 spiro atoms. The van der Waals surface area contributed by atoms with Crippen molar-refractivity contribution in [2.45, 2.75) is 37.3 Å². The summed E-state index contributed by atoms with van der Waals surface area (Å²) in [5, 5.41) is 7.35. The highest BCUT2D eigenvalue weighted by Crippen LogP contribution is 2.19. The smallest absolute Gasteiger partial charge is 0.343 e. The number of carbonyl (C=O) groups is 1. The molecule has 0 fully saturated rings. The summed E-state index contributed by atoms with van der Waals surface area (Å²) in [4.78, 5) is 40.4. The fraction of sp³-hybridized carbons (Fsp3) is 0.312.